The van der Waals surface area contributed by atoms with Gasteiger partial charge in [-0.3, -0.25) is 4.98 Å². The standard InChI is InChI=1S/C7H6F2NO2S/c1-13(11,12)7(8,9)6-4-2-3-5-10-6/h2-5H,1H2. The number of halogens is 2. The zero-order valence-corrected chi connectivity index (χ0v) is 7.26. The summed E-state index contributed by atoms with van der Waals surface area (Å²) in [6.07, 6.45) is 3.49. The molecule has 0 aliphatic heterocycles. The Hall–Kier alpha value is -1.04. The third kappa shape index (κ3) is 1.82. The van der Waals surface area contributed by atoms with Crippen molar-refractivity contribution >= 4 is 9.84 Å². The first-order chi connectivity index (χ1) is 5.86. The number of hydrogen-bond acceptors (Lipinski definition) is 3. The van der Waals surface area contributed by atoms with Gasteiger partial charge in [-0.1, -0.05) is 6.07 Å². The third-order valence-corrected chi connectivity index (χ3v) is 2.34. The summed E-state index contributed by atoms with van der Waals surface area (Å²) < 4.78 is 47.0. The molecule has 0 bridgehead atoms. The maximum atomic E-state index is 12.9. The molecule has 0 aromatic carbocycles. The number of pyridine rings is 1. The van der Waals surface area contributed by atoms with Crippen molar-refractivity contribution in [3.63, 3.8) is 0 Å². The second kappa shape index (κ2) is 3.02. The van der Waals surface area contributed by atoms with Crippen LogP contribution in [0.25, 0.3) is 0 Å². The second-order valence-electron chi connectivity index (χ2n) is 2.35. The van der Waals surface area contributed by atoms with E-state index in [4.69, 9.17) is 0 Å². The van der Waals surface area contributed by atoms with Crippen molar-refractivity contribution in [2.24, 2.45) is 0 Å². The average Bonchev–Trinajstić information content (AvgIpc) is 2.04. The van der Waals surface area contributed by atoms with Crippen molar-refractivity contribution in [2.75, 3.05) is 0 Å². The molecule has 1 radical (unpaired) electrons. The Morgan fingerprint density at radius 2 is 2.00 bits per heavy atom. The third-order valence-electron chi connectivity index (χ3n) is 1.35. The summed E-state index contributed by atoms with van der Waals surface area (Å²) in [6.45, 7) is 0. The molecule has 13 heavy (non-hydrogen) atoms. The predicted octanol–water partition coefficient (Wildman–Crippen LogP) is 1.34. The number of sulfone groups is 1. The van der Waals surface area contributed by atoms with Gasteiger partial charge >= 0.3 is 5.25 Å². The number of rotatable bonds is 2. The minimum atomic E-state index is -4.70. The van der Waals surface area contributed by atoms with Gasteiger partial charge in [0.15, 0.2) is 0 Å². The first-order valence-corrected chi connectivity index (χ1v) is 4.88. The van der Waals surface area contributed by atoms with E-state index in [1.54, 1.807) is 0 Å². The van der Waals surface area contributed by atoms with E-state index in [2.05, 4.69) is 11.2 Å². The molecule has 71 valence electrons. The van der Waals surface area contributed by atoms with Gasteiger partial charge in [-0.25, -0.2) is 8.42 Å². The van der Waals surface area contributed by atoms with Crippen LogP contribution < -0.4 is 0 Å². The summed E-state index contributed by atoms with van der Waals surface area (Å²) in [7, 11) is -4.70. The quantitative estimate of drug-likeness (QED) is 0.733. The summed E-state index contributed by atoms with van der Waals surface area (Å²) in [5.41, 5.74) is -0.815. The van der Waals surface area contributed by atoms with Crippen molar-refractivity contribution in [3.8, 4) is 0 Å². The van der Waals surface area contributed by atoms with E-state index in [0.29, 0.717) is 0 Å². The Labute approximate surface area is 74.3 Å². The van der Waals surface area contributed by atoms with Crippen LogP contribution in [0, 0.1) is 6.26 Å². The van der Waals surface area contributed by atoms with Crippen LogP contribution in [-0.2, 0) is 15.1 Å². The van der Waals surface area contributed by atoms with Gasteiger partial charge in [-0.15, -0.1) is 0 Å². The molecule has 0 atom stereocenters. The van der Waals surface area contributed by atoms with Gasteiger partial charge in [0.05, 0.1) is 6.26 Å². The lowest BCUT2D eigenvalue weighted by atomic mass is 10.4. The van der Waals surface area contributed by atoms with Crippen molar-refractivity contribution in [1.29, 1.82) is 0 Å². The average molecular weight is 206 g/mol. The minimum absolute atomic E-state index is 0.815. The number of nitrogens with zero attached hydrogens (tertiary/aromatic N) is 1. The van der Waals surface area contributed by atoms with E-state index < -0.39 is 20.8 Å². The van der Waals surface area contributed by atoms with Crippen LogP contribution in [0.4, 0.5) is 8.78 Å². The maximum absolute atomic E-state index is 12.9. The first-order valence-electron chi connectivity index (χ1n) is 3.22. The molecule has 1 aromatic rings. The Morgan fingerprint density at radius 1 is 1.38 bits per heavy atom. The molecule has 0 saturated carbocycles. The van der Waals surface area contributed by atoms with Crippen molar-refractivity contribution in [2.45, 2.75) is 5.25 Å². The molecule has 3 nitrogen and oxygen atoms in total. The molecule has 6 heteroatoms. The lowest BCUT2D eigenvalue weighted by molar-refractivity contribution is 0.0872. The van der Waals surface area contributed by atoms with E-state index in [9.17, 15) is 17.2 Å². The summed E-state index contributed by atoms with van der Waals surface area (Å²) >= 11 is 0. The van der Waals surface area contributed by atoms with Crippen molar-refractivity contribution in [1.82, 2.24) is 4.98 Å². The van der Waals surface area contributed by atoms with Gasteiger partial charge in [0.25, 0.3) is 0 Å². The zero-order chi connectivity index (χ0) is 10.1. The van der Waals surface area contributed by atoms with Crippen LogP contribution in [0.5, 0.6) is 0 Å². The highest BCUT2D eigenvalue weighted by atomic mass is 32.2. The van der Waals surface area contributed by atoms with Gasteiger partial charge in [-0.2, -0.15) is 8.78 Å². The molecule has 0 fully saturated rings. The highest BCUT2D eigenvalue weighted by Crippen LogP contribution is 2.32. The maximum Gasteiger partial charge on any atom is 0.387 e. The van der Waals surface area contributed by atoms with Crippen molar-refractivity contribution < 1.29 is 17.2 Å². The van der Waals surface area contributed by atoms with Crippen LogP contribution in [-0.4, -0.2) is 13.4 Å². The fraction of sp³-hybridized carbons (Fsp3) is 0.143. The number of aromatic nitrogens is 1. The Kier molecular flexibility index (Phi) is 2.34. The van der Waals surface area contributed by atoms with Gasteiger partial charge < -0.3 is 0 Å². The summed E-state index contributed by atoms with van der Waals surface area (Å²) in [4.78, 5) is 3.25. The zero-order valence-electron chi connectivity index (χ0n) is 6.44. The topological polar surface area (TPSA) is 47.0 Å². The summed E-state index contributed by atoms with van der Waals surface area (Å²) in [6, 6.07) is 3.62. The Morgan fingerprint density at radius 3 is 2.38 bits per heavy atom. The second-order valence-corrected chi connectivity index (χ2v) is 4.09. The van der Waals surface area contributed by atoms with Crippen LogP contribution >= 0.6 is 0 Å². The van der Waals surface area contributed by atoms with Gasteiger partial charge in [-0.05, 0) is 12.1 Å². The van der Waals surface area contributed by atoms with E-state index in [-0.39, 0.29) is 0 Å². The molecule has 0 aliphatic carbocycles. The lowest BCUT2D eigenvalue weighted by Crippen LogP contribution is -2.24. The highest BCUT2D eigenvalue weighted by molar-refractivity contribution is 7.93. The molecule has 1 rings (SSSR count). The van der Waals surface area contributed by atoms with E-state index in [1.807, 2.05) is 0 Å². The Bertz CT molecular complexity index is 388. The summed E-state index contributed by atoms with van der Waals surface area (Å²) in [5.74, 6) is 0. The first kappa shape index (κ1) is 10.0. The molecule has 1 aromatic heterocycles. The molecule has 0 N–H and O–H groups in total. The van der Waals surface area contributed by atoms with E-state index in [1.165, 1.54) is 12.1 Å². The fourth-order valence-corrected chi connectivity index (χ4v) is 1.13. The normalized spacial score (nSPS) is 12.8. The van der Waals surface area contributed by atoms with E-state index in [0.717, 1.165) is 12.3 Å². The van der Waals surface area contributed by atoms with Crippen LogP contribution in [0.3, 0.4) is 0 Å². The molecular weight excluding hydrogens is 200 g/mol. The minimum Gasteiger partial charge on any atom is -0.254 e. The fourth-order valence-electron chi connectivity index (χ4n) is 0.694. The molecule has 1 heterocycles. The van der Waals surface area contributed by atoms with Crippen LogP contribution in [0.15, 0.2) is 24.4 Å². The predicted molar refractivity (Wildman–Crippen MR) is 42.4 cm³/mol. The van der Waals surface area contributed by atoms with Gasteiger partial charge in [0.1, 0.15) is 5.69 Å². The lowest BCUT2D eigenvalue weighted by Gasteiger charge is -2.12. The molecule has 0 spiro atoms. The number of alkyl halides is 2. The van der Waals surface area contributed by atoms with Gasteiger partial charge in [0, 0.05) is 6.20 Å². The molecular formula is C7H6F2NO2S. The monoisotopic (exact) mass is 206 g/mol. The van der Waals surface area contributed by atoms with Crippen molar-refractivity contribution in [3.05, 3.63) is 36.3 Å². The largest absolute Gasteiger partial charge is 0.387 e. The number of hydrogen-bond donors (Lipinski definition) is 0. The molecule has 0 unspecified atom stereocenters. The van der Waals surface area contributed by atoms with Crippen LogP contribution in [0.1, 0.15) is 5.69 Å². The SMILES string of the molecule is [CH2]S(=O)(=O)C(F)(F)c1ccccn1. The molecule has 0 saturated heterocycles. The molecule has 0 aliphatic rings. The smallest absolute Gasteiger partial charge is 0.254 e. The summed E-state index contributed by atoms with van der Waals surface area (Å²) in [5, 5.41) is -4.02. The van der Waals surface area contributed by atoms with Gasteiger partial charge in [0.2, 0.25) is 9.84 Å². The van der Waals surface area contributed by atoms with E-state index >= 15 is 0 Å². The Balaban J connectivity index is 3.24. The highest BCUT2D eigenvalue weighted by Gasteiger charge is 2.44. The molecule has 0 amide bonds. The van der Waals surface area contributed by atoms with Crippen LogP contribution in [0.2, 0.25) is 0 Å².